The molecule has 0 aliphatic carbocycles. The minimum atomic E-state index is -3.72. The Hall–Kier alpha value is -3.54. The molecule has 2 aliphatic heterocycles. The third kappa shape index (κ3) is 3.54. The number of sulfonamides is 1. The number of carbonyl (C=O) groups excluding carboxylic acids is 3. The molecule has 4 rings (SSSR count). The van der Waals surface area contributed by atoms with Gasteiger partial charge in [-0.25, -0.2) is 12.7 Å². The van der Waals surface area contributed by atoms with Gasteiger partial charge in [-0.3, -0.25) is 14.4 Å². The quantitative estimate of drug-likeness (QED) is 0.258. The predicted molar refractivity (Wildman–Crippen MR) is 132 cm³/mol. The summed E-state index contributed by atoms with van der Waals surface area (Å²) in [6.45, 7) is 0.343. The first-order valence-electron chi connectivity index (χ1n) is 11.2. The number of anilines is 1. The maximum absolute atomic E-state index is 13.8. The number of aliphatic hydroxyl groups excluding tert-OH is 1. The van der Waals surface area contributed by atoms with Crippen LogP contribution in [0, 0.1) is 0 Å². The van der Waals surface area contributed by atoms with Crippen LogP contribution in [0.5, 0.6) is 0 Å². The van der Waals surface area contributed by atoms with Crippen molar-refractivity contribution in [2.45, 2.75) is 16.9 Å². The first-order valence-corrected chi connectivity index (χ1v) is 12.6. The zero-order valence-corrected chi connectivity index (χ0v) is 21.2. The topological polar surface area (TPSA) is 125 Å². The summed E-state index contributed by atoms with van der Waals surface area (Å²) in [5.74, 6) is -3.00. The number of fused-ring (bicyclic) bond motifs is 2. The Morgan fingerprint density at radius 3 is 2.31 bits per heavy atom. The Balaban J connectivity index is 1.95. The molecule has 0 radical (unpaired) electrons. The molecule has 2 heterocycles. The van der Waals surface area contributed by atoms with Gasteiger partial charge < -0.3 is 19.6 Å². The highest BCUT2D eigenvalue weighted by molar-refractivity contribution is 7.89. The number of ketones is 1. The predicted octanol–water partition coefficient (Wildman–Crippen LogP) is 1.53. The van der Waals surface area contributed by atoms with Gasteiger partial charge in [-0.2, -0.15) is 0 Å². The van der Waals surface area contributed by atoms with Crippen LogP contribution in [0.25, 0.3) is 5.76 Å². The van der Waals surface area contributed by atoms with Gasteiger partial charge in [-0.1, -0.05) is 18.2 Å². The van der Waals surface area contributed by atoms with Crippen LogP contribution < -0.4 is 4.90 Å². The van der Waals surface area contributed by atoms with Gasteiger partial charge in [0.1, 0.15) is 5.76 Å². The number of likely N-dealkylation sites (N-methyl/N-ethyl adjacent to an activating group) is 1. The Bertz CT molecular complexity index is 1380. The molecule has 1 N–H and O–H groups in total. The van der Waals surface area contributed by atoms with E-state index in [0.29, 0.717) is 24.3 Å². The average molecular weight is 514 g/mol. The Morgan fingerprint density at radius 1 is 1.06 bits per heavy atom. The van der Waals surface area contributed by atoms with Crippen LogP contribution in [0.1, 0.15) is 17.5 Å². The number of carbonyl (C=O) groups is 3. The highest BCUT2D eigenvalue weighted by atomic mass is 32.2. The van der Waals surface area contributed by atoms with Gasteiger partial charge in [0.15, 0.2) is 5.54 Å². The molecule has 1 spiro atoms. The van der Waals surface area contributed by atoms with Crippen LogP contribution in [0.2, 0.25) is 0 Å². The van der Waals surface area contributed by atoms with Crippen molar-refractivity contribution >= 4 is 39.1 Å². The number of nitrogens with zero attached hydrogens (tertiary/aromatic N) is 3. The second-order valence-corrected chi connectivity index (χ2v) is 10.9. The minimum absolute atomic E-state index is 0.0131. The normalized spacial score (nSPS) is 21.2. The number of hydrogen-bond donors (Lipinski definition) is 1. The van der Waals surface area contributed by atoms with Gasteiger partial charge in [-0.15, -0.1) is 0 Å². The van der Waals surface area contributed by atoms with Crippen molar-refractivity contribution in [3.8, 4) is 0 Å². The SMILES string of the molecule is COCCCN1C(=O)C(=O)C(=C(O)c2ccc(S(=O)(=O)N(C)C)cc2)C12C(=O)N(C)c1ccccc12. The number of rotatable bonds is 7. The van der Waals surface area contributed by atoms with E-state index >= 15 is 0 Å². The van der Waals surface area contributed by atoms with Gasteiger partial charge in [-0.05, 0) is 36.8 Å². The molecule has 1 atom stereocenters. The molecule has 36 heavy (non-hydrogen) atoms. The van der Waals surface area contributed by atoms with Crippen molar-refractivity contribution < 1.29 is 32.6 Å². The number of methoxy groups -OCH3 is 1. The van der Waals surface area contributed by atoms with Gasteiger partial charge >= 0.3 is 0 Å². The van der Waals surface area contributed by atoms with E-state index in [1.165, 1.54) is 55.3 Å². The van der Waals surface area contributed by atoms with Crippen LogP contribution in [0.3, 0.4) is 0 Å². The Morgan fingerprint density at radius 2 is 1.69 bits per heavy atom. The third-order valence-electron chi connectivity index (χ3n) is 6.58. The van der Waals surface area contributed by atoms with Crippen molar-refractivity contribution in [2.24, 2.45) is 0 Å². The van der Waals surface area contributed by atoms with E-state index in [4.69, 9.17) is 4.74 Å². The molecule has 1 unspecified atom stereocenters. The van der Waals surface area contributed by atoms with Crippen molar-refractivity contribution in [3.63, 3.8) is 0 Å². The monoisotopic (exact) mass is 513 g/mol. The summed E-state index contributed by atoms with van der Waals surface area (Å²) in [7, 11) is 2.12. The van der Waals surface area contributed by atoms with E-state index in [9.17, 15) is 27.9 Å². The van der Waals surface area contributed by atoms with E-state index in [1.54, 1.807) is 31.3 Å². The number of amides is 2. The van der Waals surface area contributed by atoms with Gasteiger partial charge in [0.05, 0.1) is 10.5 Å². The fraction of sp³-hybridized carbons (Fsp3) is 0.320. The van der Waals surface area contributed by atoms with Crippen molar-refractivity contribution in [1.82, 2.24) is 9.21 Å². The molecular weight excluding hydrogens is 486 g/mol. The summed E-state index contributed by atoms with van der Waals surface area (Å²) in [5.41, 5.74) is -1.19. The zero-order valence-electron chi connectivity index (χ0n) is 20.4. The molecule has 2 aliphatic rings. The number of Topliss-reactive ketones (excluding diaryl/α,β-unsaturated/α-hetero) is 1. The molecular formula is C25H27N3O7S. The number of para-hydroxylation sites is 1. The molecule has 0 bridgehead atoms. The lowest BCUT2D eigenvalue weighted by Gasteiger charge is -2.34. The number of aliphatic hydroxyl groups is 1. The van der Waals surface area contributed by atoms with Crippen molar-refractivity contribution in [1.29, 1.82) is 0 Å². The summed E-state index contributed by atoms with van der Waals surface area (Å²) in [5, 5.41) is 11.4. The van der Waals surface area contributed by atoms with Gasteiger partial charge in [0.2, 0.25) is 10.0 Å². The molecule has 0 saturated carbocycles. The molecule has 0 aromatic heterocycles. The maximum Gasteiger partial charge on any atom is 0.296 e. The van der Waals surface area contributed by atoms with E-state index < -0.39 is 38.9 Å². The van der Waals surface area contributed by atoms with Gasteiger partial charge in [0.25, 0.3) is 17.6 Å². The smallest absolute Gasteiger partial charge is 0.296 e. The van der Waals surface area contributed by atoms with Crippen LogP contribution in [-0.4, -0.2) is 81.7 Å². The average Bonchev–Trinajstić information content (AvgIpc) is 3.22. The van der Waals surface area contributed by atoms with Crippen LogP contribution in [0.4, 0.5) is 5.69 Å². The summed E-state index contributed by atoms with van der Waals surface area (Å²) >= 11 is 0. The standard InChI is InChI=1S/C25H27N3O7S/c1-26(2)36(33,34)17-12-10-16(11-13-17)21(29)20-22(30)23(31)28(14-7-15-35-4)25(20)18-8-5-6-9-19(18)27(3)24(25)32/h5-6,8-13,29H,7,14-15H2,1-4H3. The lowest BCUT2D eigenvalue weighted by Crippen LogP contribution is -2.51. The van der Waals surface area contributed by atoms with Gasteiger partial charge in [0, 0.05) is 58.2 Å². The van der Waals surface area contributed by atoms with Crippen LogP contribution >= 0.6 is 0 Å². The third-order valence-corrected chi connectivity index (χ3v) is 8.41. The van der Waals surface area contributed by atoms with E-state index in [1.807, 2.05) is 0 Å². The van der Waals surface area contributed by atoms with Crippen LogP contribution in [0.15, 0.2) is 59.0 Å². The largest absolute Gasteiger partial charge is 0.507 e. The lowest BCUT2D eigenvalue weighted by atomic mass is 9.82. The maximum atomic E-state index is 13.8. The van der Waals surface area contributed by atoms with Crippen molar-refractivity contribution in [2.75, 3.05) is 46.3 Å². The number of ether oxygens (including phenoxy) is 1. The summed E-state index contributed by atoms with van der Waals surface area (Å²) < 4.78 is 31.0. The molecule has 11 heteroatoms. The van der Waals surface area contributed by atoms with E-state index in [0.717, 1.165) is 4.31 Å². The minimum Gasteiger partial charge on any atom is -0.507 e. The summed E-state index contributed by atoms with van der Waals surface area (Å²) in [4.78, 5) is 43.1. The fourth-order valence-electron chi connectivity index (χ4n) is 4.78. The molecule has 1 saturated heterocycles. The summed E-state index contributed by atoms with van der Waals surface area (Å²) in [6.07, 6.45) is 0.363. The second-order valence-electron chi connectivity index (χ2n) is 8.76. The number of hydrogen-bond acceptors (Lipinski definition) is 7. The molecule has 10 nitrogen and oxygen atoms in total. The van der Waals surface area contributed by atoms with E-state index in [2.05, 4.69) is 0 Å². The Kier molecular flexibility index (Phi) is 6.50. The highest BCUT2D eigenvalue weighted by Crippen LogP contribution is 2.53. The number of likely N-dealkylation sites (tertiary alicyclic amines) is 1. The Labute approximate surface area is 209 Å². The van der Waals surface area contributed by atoms with Crippen LogP contribution in [-0.2, 0) is 34.7 Å². The van der Waals surface area contributed by atoms with E-state index in [-0.39, 0.29) is 22.6 Å². The second kappa shape index (κ2) is 9.16. The molecule has 190 valence electrons. The molecule has 2 aromatic carbocycles. The first-order chi connectivity index (χ1) is 17.0. The lowest BCUT2D eigenvalue weighted by molar-refractivity contribution is -0.143. The fourth-order valence-corrected chi connectivity index (χ4v) is 5.68. The molecule has 2 aromatic rings. The zero-order chi connectivity index (χ0) is 26.4. The first kappa shape index (κ1) is 25.5. The molecule has 2 amide bonds. The molecule has 1 fully saturated rings. The number of benzene rings is 2. The summed E-state index contributed by atoms with van der Waals surface area (Å²) in [6, 6.07) is 12.1. The highest BCUT2D eigenvalue weighted by Gasteiger charge is 2.66. The van der Waals surface area contributed by atoms with Crippen molar-refractivity contribution in [3.05, 3.63) is 65.2 Å².